The van der Waals surface area contributed by atoms with Gasteiger partial charge in [-0.25, -0.2) is 0 Å². The number of pyridine rings is 1. The summed E-state index contributed by atoms with van der Waals surface area (Å²) in [6, 6.07) is 9.80. The number of alkyl halides is 3. The molecule has 2 aliphatic heterocycles. The molecule has 8 heteroatoms. The van der Waals surface area contributed by atoms with Crippen LogP contribution in [0.25, 0.3) is 10.9 Å². The largest absolute Gasteiger partial charge is 0.418 e. The van der Waals surface area contributed by atoms with Crippen molar-refractivity contribution in [2.45, 2.75) is 50.9 Å². The lowest BCUT2D eigenvalue weighted by Crippen LogP contribution is -2.28. The fourth-order valence-electron chi connectivity index (χ4n) is 5.17. The zero-order chi connectivity index (χ0) is 22.6. The van der Waals surface area contributed by atoms with Crippen LogP contribution in [0.4, 0.5) is 24.5 Å². The van der Waals surface area contributed by atoms with Crippen molar-refractivity contribution in [1.29, 1.82) is 0 Å². The molecule has 2 aromatic carbocycles. The fourth-order valence-corrected chi connectivity index (χ4v) is 5.17. The number of fused-ring (bicyclic) bond motifs is 3. The lowest BCUT2D eigenvalue weighted by molar-refractivity contribution is -0.136. The van der Waals surface area contributed by atoms with Gasteiger partial charge in [-0.2, -0.15) is 13.2 Å². The Hall–Kier alpha value is -3.29. The van der Waals surface area contributed by atoms with Gasteiger partial charge < -0.3 is 15.2 Å². The Bertz CT molecular complexity index is 1260. The van der Waals surface area contributed by atoms with Crippen molar-refractivity contribution >= 4 is 28.2 Å². The number of hydrogen-bond acceptors (Lipinski definition) is 3. The van der Waals surface area contributed by atoms with Crippen LogP contribution in [-0.2, 0) is 6.18 Å². The monoisotopic (exact) mass is 441 g/mol. The minimum atomic E-state index is -4.65. The first kappa shape index (κ1) is 20.6. The highest BCUT2D eigenvalue weighted by atomic mass is 19.4. The first-order valence-electron chi connectivity index (χ1n) is 10.7. The molecular weight excluding hydrogens is 419 g/mol. The quantitative estimate of drug-likeness (QED) is 0.584. The number of aryl methyl sites for hydroxylation is 1. The van der Waals surface area contributed by atoms with Gasteiger partial charge in [0.15, 0.2) is 0 Å². The summed E-state index contributed by atoms with van der Waals surface area (Å²) < 4.78 is 41.6. The third-order valence-electron chi connectivity index (χ3n) is 6.67. The summed E-state index contributed by atoms with van der Waals surface area (Å²) in [4.78, 5) is 30.6. The Morgan fingerprint density at radius 2 is 1.78 bits per heavy atom. The molecule has 5 rings (SSSR count). The molecule has 0 spiro atoms. The molecule has 3 heterocycles. The maximum atomic E-state index is 13.9. The number of carbonyl (C=O) groups excluding carboxylic acids is 1. The van der Waals surface area contributed by atoms with Gasteiger partial charge in [-0.15, -0.1) is 0 Å². The summed E-state index contributed by atoms with van der Waals surface area (Å²) >= 11 is 0. The lowest BCUT2D eigenvalue weighted by atomic mass is 10.0. The fraction of sp³-hybridized carbons (Fsp3) is 0.333. The number of amides is 1. The predicted molar refractivity (Wildman–Crippen MR) is 117 cm³/mol. The van der Waals surface area contributed by atoms with Crippen LogP contribution in [0.3, 0.4) is 0 Å². The van der Waals surface area contributed by atoms with Crippen molar-refractivity contribution in [2.24, 2.45) is 0 Å². The van der Waals surface area contributed by atoms with Crippen LogP contribution < -0.4 is 15.6 Å². The number of carbonyl (C=O) groups is 1. The molecule has 5 nitrogen and oxygen atoms in total. The van der Waals surface area contributed by atoms with Crippen LogP contribution in [0.15, 0.2) is 47.4 Å². The highest BCUT2D eigenvalue weighted by Gasteiger charge is 2.41. The number of halogens is 3. The van der Waals surface area contributed by atoms with Crippen LogP contribution in [0.2, 0.25) is 0 Å². The van der Waals surface area contributed by atoms with E-state index >= 15 is 0 Å². The second-order valence-corrected chi connectivity index (χ2v) is 8.58. The second kappa shape index (κ2) is 7.39. The Morgan fingerprint density at radius 1 is 1.09 bits per heavy atom. The lowest BCUT2D eigenvalue weighted by Gasteiger charge is -2.26. The molecule has 2 bridgehead atoms. The number of benzene rings is 2. The van der Waals surface area contributed by atoms with Gasteiger partial charge >= 0.3 is 6.18 Å². The molecule has 1 aromatic heterocycles. The van der Waals surface area contributed by atoms with Crippen LogP contribution >= 0.6 is 0 Å². The van der Waals surface area contributed by atoms with E-state index in [1.54, 1.807) is 31.2 Å². The van der Waals surface area contributed by atoms with Crippen LogP contribution in [-0.4, -0.2) is 23.0 Å². The second-order valence-electron chi connectivity index (χ2n) is 8.58. The number of hydrogen-bond donors (Lipinski definition) is 2. The summed E-state index contributed by atoms with van der Waals surface area (Å²) in [5.74, 6) is -0.879. The van der Waals surface area contributed by atoms with E-state index in [-0.39, 0.29) is 23.3 Å². The summed E-state index contributed by atoms with van der Waals surface area (Å²) in [6.45, 7) is 1.74. The zero-order valence-electron chi connectivity index (χ0n) is 17.4. The van der Waals surface area contributed by atoms with E-state index in [4.69, 9.17) is 0 Å². The Balaban J connectivity index is 1.51. The van der Waals surface area contributed by atoms with Crippen molar-refractivity contribution in [3.05, 3.63) is 69.5 Å². The molecule has 166 valence electrons. The van der Waals surface area contributed by atoms with Crippen molar-refractivity contribution in [1.82, 2.24) is 4.98 Å². The number of aromatic amines is 1. The van der Waals surface area contributed by atoms with Crippen molar-refractivity contribution in [3.8, 4) is 0 Å². The predicted octanol–water partition coefficient (Wildman–Crippen LogP) is 5.24. The molecule has 0 atom stereocenters. The first-order chi connectivity index (χ1) is 15.2. The van der Waals surface area contributed by atoms with E-state index in [1.807, 2.05) is 0 Å². The van der Waals surface area contributed by atoms with E-state index < -0.39 is 23.1 Å². The van der Waals surface area contributed by atoms with Gasteiger partial charge in [0.2, 0.25) is 5.43 Å². The maximum absolute atomic E-state index is 13.9. The summed E-state index contributed by atoms with van der Waals surface area (Å²) in [5, 5.41) is 2.66. The Kier molecular flexibility index (Phi) is 4.76. The van der Waals surface area contributed by atoms with Crippen molar-refractivity contribution in [3.63, 3.8) is 0 Å². The van der Waals surface area contributed by atoms with E-state index in [0.717, 1.165) is 31.7 Å². The third kappa shape index (κ3) is 3.34. The SMILES string of the molecule is Cc1cccc2[nH]cc(C(=O)Nc3ccc(N4C5CCC4CC5)cc3C(F)(F)F)c(=O)c12. The molecule has 3 aromatic rings. The van der Waals surface area contributed by atoms with Gasteiger partial charge in [0.05, 0.1) is 11.3 Å². The average Bonchev–Trinajstić information content (AvgIpc) is 3.34. The van der Waals surface area contributed by atoms with E-state index in [2.05, 4.69) is 15.2 Å². The smallest absolute Gasteiger partial charge is 0.366 e. The van der Waals surface area contributed by atoms with Crippen LogP contribution in [0, 0.1) is 6.92 Å². The molecule has 0 aliphatic carbocycles. The van der Waals surface area contributed by atoms with Crippen LogP contribution in [0.5, 0.6) is 0 Å². The molecule has 1 amide bonds. The highest BCUT2D eigenvalue weighted by molar-refractivity contribution is 6.06. The molecule has 32 heavy (non-hydrogen) atoms. The van der Waals surface area contributed by atoms with Gasteiger partial charge in [-0.3, -0.25) is 9.59 Å². The minimum absolute atomic E-state index is 0.235. The van der Waals surface area contributed by atoms with Gasteiger partial charge in [-0.05, 0) is 62.4 Å². The number of nitrogens with one attached hydrogen (secondary N) is 2. The van der Waals surface area contributed by atoms with Gasteiger partial charge in [0.25, 0.3) is 5.91 Å². The Morgan fingerprint density at radius 3 is 2.44 bits per heavy atom. The van der Waals surface area contributed by atoms with Gasteiger partial charge in [0.1, 0.15) is 5.56 Å². The first-order valence-corrected chi connectivity index (χ1v) is 10.7. The van der Waals surface area contributed by atoms with E-state index in [9.17, 15) is 22.8 Å². The van der Waals surface area contributed by atoms with Crippen molar-refractivity contribution in [2.75, 3.05) is 10.2 Å². The molecule has 2 fully saturated rings. The number of anilines is 2. The summed E-state index contributed by atoms with van der Waals surface area (Å²) in [5.41, 5.74) is -0.259. The number of H-pyrrole nitrogens is 1. The minimum Gasteiger partial charge on any atom is -0.366 e. The third-order valence-corrected chi connectivity index (χ3v) is 6.67. The normalized spacial score (nSPS) is 20.2. The van der Waals surface area contributed by atoms with Crippen LogP contribution in [0.1, 0.15) is 47.2 Å². The number of aromatic nitrogens is 1. The maximum Gasteiger partial charge on any atom is 0.418 e. The summed E-state index contributed by atoms with van der Waals surface area (Å²) in [6.07, 6.45) is 0.569. The van der Waals surface area contributed by atoms with E-state index in [0.29, 0.717) is 22.2 Å². The number of rotatable bonds is 3. The molecular formula is C24H22F3N3O2. The topological polar surface area (TPSA) is 65.2 Å². The Labute approximate surface area is 182 Å². The molecule has 2 saturated heterocycles. The van der Waals surface area contributed by atoms with Gasteiger partial charge in [-0.1, -0.05) is 12.1 Å². The van der Waals surface area contributed by atoms with Crippen molar-refractivity contribution < 1.29 is 18.0 Å². The molecule has 0 saturated carbocycles. The molecule has 0 unspecified atom stereocenters. The molecule has 0 radical (unpaired) electrons. The number of nitrogens with zero attached hydrogens (tertiary/aromatic N) is 1. The standard InChI is InChI=1S/C24H22F3N3O2/c1-13-3-2-4-20-21(13)22(31)17(12-28-20)23(32)29-19-10-9-16(11-18(19)24(25,26)27)30-14-5-6-15(30)8-7-14/h2-4,9-12,14-15H,5-8H2,1H3,(H,28,31)(H,29,32). The average molecular weight is 441 g/mol. The highest BCUT2D eigenvalue weighted by Crippen LogP contribution is 2.44. The van der Waals surface area contributed by atoms with E-state index in [1.165, 1.54) is 12.3 Å². The summed E-state index contributed by atoms with van der Waals surface area (Å²) in [7, 11) is 0. The van der Waals surface area contributed by atoms with Gasteiger partial charge in [0, 0.05) is 34.9 Å². The molecule has 2 N–H and O–H groups in total. The molecule has 2 aliphatic rings. The zero-order valence-corrected chi connectivity index (χ0v) is 17.4.